The van der Waals surface area contributed by atoms with E-state index in [-0.39, 0.29) is 18.1 Å². The summed E-state index contributed by atoms with van der Waals surface area (Å²) in [6.45, 7) is 6.97. The van der Waals surface area contributed by atoms with Crippen LogP contribution in [0.25, 0.3) is 11.1 Å². The van der Waals surface area contributed by atoms with Crippen molar-refractivity contribution in [2.45, 2.75) is 46.1 Å². The van der Waals surface area contributed by atoms with Gasteiger partial charge in [-0.1, -0.05) is 12.1 Å². The van der Waals surface area contributed by atoms with Crippen LogP contribution in [-0.2, 0) is 11.3 Å². The first-order valence-corrected chi connectivity index (χ1v) is 11.3. The molecular formula is C26H30N4O3. The zero-order chi connectivity index (χ0) is 23.5. The fraction of sp³-hybridized carbons (Fsp3) is 0.385. The van der Waals surface area contributed by atoms with E-state index in [9.17, 15) is 9.59 Å². The summed E-state index contributed by atoms with van der Waals surface area (Å²) in [6.07, 6.45) is 1.69. The lowest BCUT2D eigenvalue weighted by atomic mass is 9.91. The number of amides is 1. The summed E-state index contributed by atoms with van der Waals surface area (Å²) in [5, 5.41) is 0. The predicted octanol–water partition coefficient (Wildman–Crippen LogP) is 3.65. The van der Waals surface area contributed by atoms with Crippen LogP contribution in [0.2, 0.25) is 0 Å². The molecule has 0 radical (unpaired) electrons. The zero-order valence-electron chi connectivity index (χ0n) is 19.7. The molecule has 1 saturated heterocycles. The van der Waals surface area contributed by atoms with Gasteiger partial charge in [0.05, 0.1) is 7.11 Å². The van der Waals surface area contributed by atoms with Gasteiger partial charge in [0.1, 0.15) is 12.3 Å². The molecule has 0 saturated carbocycles. The third-order valence-corrected chi connectivity index (χ3v) is 6.28. The van der Waals surface area contributed by atoms with Gasteiger partial charge in [-0.25, -0.2) is 4.79 Å². The molecule has 0 aliphatic carbocycles. The molecule has 3 aromatic rings. The molecule has 1 fully saturated rings. The second-order valence-corrected chi connectivity index (χ2v) is 8.72. The van der Waals surface area contributed by atoms with E-state index in [1.54, 1.807) is 14.0 Å². The largest absolute Gasteiger partial charge is 0.497 e. The monoisotopic (exact) mass is 446 g/mol. The summed E-state index contributed by atoms with van der Waals surface area (Å²) >= 11 is 0. The highest BCUT2D eigenvalue weighted by Gasteiger charge is 2.25. The molecule has 172 valence electrons. The van der Waals surface area contributed by atoms with Gasteiger partial charge in [-0.15, -0.1) is 0 Å². The maximum atomic E-state index is 12.9. The van der Waals surface area contributed by atoms with Crippen molar-refractivity contribution in [2.75, 3.05) is 20.2 Å². The van der Waals surface area contributed by atoms with E-state index in [1.165, 1.54) is 4.57 Å². The Morgan fingerprint density at radius 3 is 2.42 bits per heavy atom. The molecule has 0 spiro atoms. The fourth-order valence-corrected chi connectivity index (χ4v) is 4.50. The smallest absolute Gasteiger partial charge is 0.348 e. The van der Waals surface area contributed by atoms with E-state index < -0.39 is 0 Å². The number of hydrogen-bond donors (Lipinski definition) is 0. The SMILES string of the molecule is COc1cccc(-c2cc(C)nc(C3CCN(C(=O)Cn4c(C)cc(C)nc4=O)CC3)c2)c1. The van der Waals surface area contributed by atoms with Crippen LogP contribution in [0.1, 0.15) is 41.5 Å². The molecule has 4 rings (SSSR count). The topological polar surface area (TPSA) is 77.3 Å². The second kappa shape index (κ2) is 9.57. The fourth-order valence-electron chi connectivity index (χ4n) is 4.50. The molecule has 7 nitrogen and oxygen atoms in total. The van der Waals surface area contributed by atoms with Gasteiger partial charge in [0, 0.05) is 41.8 Å². The minimum absolute atomic E-state index is 0.0330. The van der Waals surface area contributed by atoms with E-state index in [1.807, 2.05) is 43.0 Å². The molecule has 0 N–H and O–H groups in total. The van der Waals surface area contributed by atoms with Crippen molar-refractivity contribution < 1.29 is 9.53 Å². The van der Waals surface area contributed by atoms with Crippen molar-refractivity contribution in [1.82, 2.24) is 19.4 Å². The molecule has 0 atom stereocenters. The minimum Gasteiger partial charge on any atom is -0.497 e. The number of ether oxygens (including phenoxy) is 1. The van der Waals surface area contributed by atoms with Gasteiger partial charge in [-0.3, -0.25) is 14.3 Å². The van der Waals surface area contributed by atoms with Crippen molar-refractivity contribution in [3.8, 4) is 16.9 Å². The number of rotatable bonds is 5. The van der Waals surface area contributed by atoms with Crippen LogP contribution >= 0.6 is 0 Å². The van der Waals surface area contributed by atoms with Gasteiger partial charge < -0.3 is 9.64 Å². The number of piperidine rings is 1. The maximum Gasteiger partial charge on any atom is 0.348 e. The number of pyridine rings is 1. The Bertz CT molecular complexity index is 1230. The van der Waals surface area contributed by atoms with Crippen LogP contribution < -0.4 is 10.4 Å². The van der Waals surface area contributed by atoms with Crippen LogP contribution in [0.3, 0.4) is 0 Å². The number of aryl methyl sites for hydroxylation is 3. The number of carbonyl (C=O) groups excluding carboxylic acids is 1. The molecule has 2 aromatic heterocycles. The summed E-state index contributed by atoms with van der Waals surface area (Å²) in [7, 11) is 1.67. The molecule has 0 unspecified atom stereocenters. The highest BCUT2D eigenvalue weighted by Crippen LogP contribution is 2.31. The summed E-state index contributed by atoms with van der Waals surface area (Å²) in [6, 6.07) is 14.1. The summed E-state index contributed by atoms with van der Waals surface area (Å²) < 4.78 is 6.82. The number of benzene rings is 1. The van der Waals surface area contributed by atoms with Gasteiger partial charge in [-0.2, -0.15) is 4.98 Å². The number of aromatic nitrogens is 3. The average Bonchev–Trinajstić information content (AvgIpc) is 2.81. The van der Waals surface area contributed by atoms with Crippen molar-refractivity contribution in [3.05, 3.63) is 75.7 Å². The van der Waals surface area contributed by atoms with Gasteiger partial charge in [0.15, 0.2) is 0 Å². The number of methoxy groups -OCH3 is 1. The van der Waals surface area contributed by atoms with Gasteiger partial charge >= 0.3 is 5.69 Å². The summed E-state index contributed by atoms with van der Waals surface area (Å²) in [4.78, 5) is 35.7. The van der Waals surface area contributed by atoms with Gasteiger partial charge in [0.25, 0.3) is 0 Å². The Labute approximate surface area is 194 Å². The molecule has 3 heterocycles. The number of hydrogen-bond acceptors (Lipinski definition) is 5. The molecule has 7 heteroatoms. The van der Waals surface area contributed by atoms with Crippen LogP contribution in [0.5, 0.6) is 5.75 Å². The first-order chi connectivity index (χ1) is 15.8. The molecule has 1 aliphatic heterocycles. The van der Waals surface area contributed by atoms with E-state index in [2.05, 4.69) is 23.2 Å². The predicted molar refractivity (Wildman–Crippen MR) is 127 cm³/mol. The highest BCUT2D eigenvalue weighted by molar-refractivity contribution is 5.76. The number of carbonyl (C=O) groups is 1. The molecule has 1 aromatic carbocycles. The van der Waals surface area contributed by atoms with Crippen molar-refractivity contribution >= 4 is 5.91 Å². The first kappa shape index (κ1) is 22.7. The van der Waals surface area contributed by atoms with E-state index in [0.717, 1.165) is 46.8 Å². The van der Waals surface area contributed by atoms with Crippen LogP contribution in [0.15, 0.2) is 47.3 Å². The molecule has 1 amide bonds. The van der Waals surface area contributed by atoms with Crippen LogP contribution in [-0.4, -0.2) is 45.5 Å². The Hall–Kier alpha value is -3.48. The quantitative estimate of drug-likeness (QED) is 0.598. The Morgan fingerprint density at radius 1 is 1.00 bits per heavy atom. The van der Waals surface area contributed by atoms with Crippen molar-refractivity contribution in [3.63, 3.8) is 0 Å². The molecule has 1 aliphatic rings. The number of nitrogens with zero attached hydrogens (tertiary/aromatic N) is 4. The molecule has 33 heavy (non-hydrogen) atoms. The zero-order valence-corrected chi connectivity index (χ0v) is 19.7. The first-order valence-electron chi connectivity index (χ1n) is 11.3. The van der Waals surface area contributed by atoms with Crippen LogP contribution in [0, 0.1) is 20.8 Å². The normalized spacial score (nSPS) is 14.4. The lowest BCUT2D eigenvalue weighted by molar-refractivity contribution is -0.133. The van der Waals surface area contributed by atoms with E-state index >= 15 is 0 Å². The van der Waals surface area contributed by atoms with E-state index in [4.69, 9.17) is 9.72 Å². The van der Waals surface area contributed by atoms with Crippen LogP contribution in [0.4, 0.5) is 0 Å². The summed E-state index contributed by atoms with van der Waals surface area (Å²) in [5.74, 6) is 1.08. The number of likely N-dealkylation sites (tertiary alicyclic amines) is 1. The van der Waals surface area contributed by atoms with E-state index in [0.29, 0.717) is 24.7 Å². The summed E-state index contributed by atoms with van der Waals surface area (Å²) in [5.41, 5.74) is 5.31. The highest BCUT2D eigenvalue weighted by atomic mass is 16.5. The Balaban J connectivity index is 1.45. The third-order valence-electron chi connectivity index (χ3n) is 6.28. The minimum atomic E-state index is -0.371. The van der Waals surface area contributed by atoms with Gasteiger partial charge in [-0.05, 0) is 75.1 Å². The van der Waals surface area contributed by atoms with Gasteiger partial charge in [0.2, 0.25) is 5.91 Å². The van der Waals surface area contributed by atoms with Crippen molar-refractivity contribution in [2.24, 2.45) is 0 Å². The average molecular weight is 447 g/mol. The lowest BCUT2D eigenvalue weighted by Crippen LogP contribution is -2.42. The third kappa shape index (κ3) is 5.13. The molecular weight excluding hydrogens is 416 g/mol. The Kier molecular flexibility index (Phi) is 6.58. The Morgan fingerprint density at radius 2 is 1.73 bits per heavy atom. The standard InChI is InChI=1S/C26H30N4O3/c1-17-12-19(3)30(26(32)28-17)16-25(31)29-10-8-20(9-11-29)24-15-22(13-18(2)27-24)21-6-5-7-23(14-21)33-4/h5-7,12-15,20H,8-11,16H2,1-4H3. The lowest BCUT2D eigenvalue weighted by Gasteiger charge is -2.32. The van der Waals surface area contributed by atoms with Crippen molar-refractivity contribution in [1.29, 1.82) is 0 Å². The second-order valence-electron chi connectivity index (χ2n) is 8.72. The maximum absolute atomic E-state index is 12.9. The molecule has 0 bridgehead atoms.